The zero-order valence-corrected chi connectivity index (χ0v) is 17.0. The number of carbonyl (C=O) groups is 1. The van der Waals surface area contributed by atoms with Crippen molar-refractivity contribution in [1.29, 1.82) is 0 Å². The summed E-state index contributed by atoms with van der Waals surface area (Å²) >= 11 is 1.68. The first-order valence-corrected chi connectivity index (χ1v) is 11.0. The van der Waals surface area contributed by atoms with Gasteiger partial charge < -0.3 is 9.80 Å². The molecule has 0 N–H and O–H groups in total. The van der Waals surface area contributed by atoms with Gasteiger partial charge in [0.2, 0.25) is 5.91 Å². The van der Waals surface area contributed by atoms with Gasteiger partial charge in [0.15, 0.2) is 0 Å². The first-order valence-electron chi connectivity index (χ1n) is 10.1. The lowest BCUT2D eigenvalue weighted by Crippen LogP contribution is -2.46. The molecule has 2 fully saturated rings. The van der Waals surface area contributed by atoms with Crippen LogP contribution < -0.4 is 4.90 Å². The molecule has 4 heterocycles. The molecule has 5 nitrogen and oxygen atoms in total. The minimum Gasteiger partial charge on any atom is -0.355 e. The van der Waals surface area contributed by atoms with Crippen molar-refractivity contribution in [3.05, 3.63) is 53.4 Å². The van der Waals surface area contributed by atoms with E-state index >= 15 is 0 Å². The Bertz CT molecular complexity index is 1040. The van der Waals surface area contributed by atoms with Crippen LogP contribution in [0.1, 0.15) is 37.7 Å². The minimum absolute atomic E-state index is 0.109. The summed E-state index contributed by atoms with van der Waals surface area (Å²) in [5, 5.41) is 2.06. The maximum Gasteiger partial charge on any atom is 0.223 e. The van der Waals surface area contributed by atoms with Crippen molar-refractivity contribution in [3.8, 4) is 0 Å². The van der Waals surface area contributed by atoms with Crippen molar-refractivity contribution < 1.29 is 9.18 Å². The summed E-state index contributed by atoms with van der Waals surface area (Å²) < 4.78 is 14.4. The molecule has 7 heteroatoms. The van der Waals surface area contributed by atoms with Gasteiger partial charge in [-0.15, -0.1) is 11.3 Å². The van der Waals surface area contributed by atoms with Crippen LogP contribution in [0.5, 0.6) is 0 Å². The third kappa shape index (κ3) is 3.37. The van der Waals surface area contributed by atoms with Gasteiger partial charge in [0, 0.05) is 31.6 Å². The number of halogens is 1. The Hall–Kier alpha value is -2.54. The van der Waals surface area contributed by atoms with E-state index in [0.717, 1.165) is 60.4 Å². The van der Waals surface area contributed by atoms with Crippen molar-refractivity contribution in [3.63, 3.8) is 0 Å². The number of rotatable bonds is 3. The normalized spacial score (nSPS) is 22.6. The fourth-order valence-corrected chi connectivity index (χ4v) is 5.68. The van der Waals surface area contributed by atoms with Crippen molar-refractivity contribution >= 4 is 33.3 Å². The van der Waals surface area contributed by atoms with Crippen LogP contribution in [0.4, 0.5) is 10.2 Å². The molecule has 0 bridgehead atoms. The van der Waals surface area contributed by atoms with Crippen LogP contribution in [0.2, 0.25) is 0 Å². The SMILES string of the molecule is O=C1CC[C@@]2(CCCN(c3ncnc4ccsc34)CC2)N1Cc1ccc(F)cc1. The fraction of sp³-hybridized carbons (Fsp3) is 0.409. The summed E-state index contributed by atoms with van der Waals surface area (Å²) in [5.74, 6) is 0.980. The first kappa shape index (κ1) is 18.5. The molecule has 5 rings (SSSR count). The average Bonchev–Trinajstić information content (AvgIpc) is 3.25. The third-order valence-corrected chi connectivity index (χ3v) is 7.27. The van der Waals surface area contributed by atoms with Gasteiger partial charge in [0.05, 0.1) is 10.2 Å². The van der Waals surface area contributed by atoms with Gasteiger partial charge >= 0.3 is 0 Å². The number of nitrogens with zero attached hydrogens (tertiary/aromatic N) is 4. The molecule has 1 aromatic carbocycles. The number of benzene rings is 1. The van der Waals surface area contributed by atoms with Gasteiger partial charge in [-0.1, -0.05) is 12.1 Å². The summed E-state index contributed by atoms with van der Waals surface area (Å²) in [5.41, 5.74) is 1.87. The number of anilines is 1. The van der Waals surface area contributed by atoms with Gasteiger partial charge in [-0.2, -0.15) is 0 Å². The number of carbonyl (C=O) groups excluding carboxylic acids is 1. The molecule has 0 unspecified atom stereocenters. The first-order chi connectivity index (χ1) is 14.1. The molecular weight excluding hydrogens is 387 g/mol. The molecule has 1 atom stereocenters. The summed E-state index contributed by atoms with van der Waals surface area (Å²) in [6.45, 7) is 2.36. The van der Waals surface area contributed by atoms with Gasteiger partial charge in [0.1, 0.15) is 18.0 Å². The summed E-state index contributed by atoms with van der Waals surface area (Å²) in [6, 6.07) is 8.54. The van der Waals surface area contributed by atoms with E-state index in [2.05, 4.69) is 25.1 Å². The fourth-order valence-electron chi connectivity index (χ4n) is 4.81. The van der Waals surface area contributed by atoms with Gasteiger partial charge in [-0.25, -0.2) is 14.4 Å². The van der Waals surface area contributed by atoms with Gasteiger partial charge in [0.25, 0.3) is 0 Å². The Balaban J connectivity index is 1.38. The maximum atomic E-state index is 13.3. The van der Waals surface area contributed by atoms with E-state index < -0.39 is 0 Å². The molecule has 0 radical (unpaired) electrons. The number of hydrogen-bond donors (Lipinski definition) is 0. The van der Waals surface area contributed by atoms with Crippen LogP contribution >= 0.6 is 11.3 Å². The van der Waals surface area contributed by atoms with Crippen LogP contribution in [-0.2, 0) is 11.3 Å². The minimum atomic E-state index is -0.244. The van der Waals surface area contributed by atoms with E-state index in [4.69, 9.17) is 0 Å². The average molecular weight is 411 g/mol. The number of likely N-dealkylation sites (tertiary alicyclic amines) is 1. The van der Waals surface area contributed by atoms with E-state index in [1.807, 2.05) is 6.07 Å². The predicted octanol–water partition coefficient (Wildman–Crippen LogP) is 4.38. The van der Waals surface area contributed by atoms with E-state index in [-0.39, 0.29) is 17.3 Å². The number of amides is 1. The second kappa shape index (κ2) is 7.37. The maximum absolute atomic E-state index is 13.3. The molecule has 2 aliphatic rings. The topological polar surface area (TPSA) is 49.3 Å². The van der Waals surface area contributed by atoms with Crippen LogP contribution in [0, 0.1) is 5.82 Å². The van der Waals surface area contributed by atoms with Crippen LogP contribution in [0.3, 0.4) is 0 Å². The highest BCUT2D eigenvalue weighted by molar-refractivity contribution is 7.17. The standard InChI is InChI=1S/C22H23FN4OS/c23-17-4-2-16(3-5-17)14-27-19(28)6-9-22(27)8-1-11-26(12-10-22)21-20-18(7-13-29-20)24-15-25-21/h2-5,7,13,15H,1,6,8-12,14H2/t22-/m1/s1. The number of hydrogen-bond acceptors (Lipinski definition) is 5. The monoisotopic (exact) mass is 410 g/mol. The Morgan fingerprint density at radius 1 is 1.07 bits per heavy atom. The summed E-state index contributed by atoms with van der Waals surface area (Å²) in [7, 11) is 0. The molecular formula is C22H23FN4OS. The zero-order valence-electron chi connectivity index (χ0n) is 16.2. The van der Waals surface area contributed by atoms with Crippen LogP contribution in [0.25, 0.3) is 10.2 Å². The van der Waals surface area contributed by atoms with Gasteiger partial charge in [-0.05, 0) is 54.8 Å². The lowest BCUT2D eigenvalue weighted by Gasteiger charge is -2.38. The van der Waals surface area contributed by atoms with Crippen molar-refractivity contribution in [2.45, 2.75) is 44.2 Å². The largest absolute Gasteiger partial charge is 0.355 e. The Morgan fingerprint density at radius 3 is 2.79 bits per heavy atom. The highest BCUT2D eigenvalue weighted by Crippen LogP contribution is 2.41. The molecule has 1 amide bonds. The Kier molecular flexibility index (Phi) is 4.70. The lowest BCUT2D eigenvalue weighted by atomic mass is 9.87. The third-order valence-electron chi connectivity index (χ3n) is 6.37. The molecule has 0 saturated carbocycles. The van der Waals surface area contributed by atoms with E-state index in [0.29, 0.717) is 13.0 Å². The van der Waals surface area contributed by atoms with Crippen LogP contribution in [-0.4, -0.2) is 39.4 Å². The number of aromatic nitrogens is 2. The molecule has 150 valence electrons. The van der Waals surface area contributed by atoms with E-state index in [9.17, 15) is 9.18 Å². The van der Waals surface area contributed by atoms with Crippen molar-refractivity contribution in [2.24, 2.45) is 0 Å². The second-order valence-corrected chi connectivity index (χ2v) is 8.92. The predicted molar refractivity (Wildman–Crippen MR) is 112 cm³/mol. The van der Waals surface area contributed by atoms with Crippen molar-refractivity contribution in [2.75, 3.05) is 18.0 Å². The van der Waals surface area contributed by atoms with Crippen molar-refractivity contribution in [1.82, 2.24) is 14.9 Å². The zero-order chi connectivity index (χ0) is 19.8. The lowest BCUT2D eigenvalue weighted by molar-refractivity contribution is -0.132. The van der Waals surface area contributed by atoms with Crippen LogP contribution in [0.15, 0.2) is 42.0 Å². The molecule has 3 aromatic rings. The number of fused-ring (bicyclic) bond motifs is 1. The molecule has 2 aromatic heterocycles. The van der Waals surface area contributed by atoms with Gasteiger partial charge in [-0.3, -0.25) is 4.79 Å². The van der Waals surface area contributed by atoms with E-state index in [1.165, 1.54) is 12.1 Å². The molecule has 2 aliphatic heterocycles. The molecule has 29 heavy (non-hydrogen) atoms. The quantitative estimate of drug-likeness (QED) is 0.643. The molecule has 1 spiro atoms. The summed E-state index contributed by atoms with van der Waals surface area (Å²) in [4.78, 5) is 26.1. The molecule has 0 aliphatic carbocycles. The summed E-state index contributed by atoms with van der Waals surface area (Å²) in [6.07, 6.45) is 6.09. The Labute approximate surface area is 173 Å². The second-order valence-electron chi connectivity index (χ2n) is 8.00. The highest BCUT2D eigenvalue weighted by atomic mass is 32.1. The highest BCUT2D eigenvalue weighted by Gasteiger charge is 2.45. The van der Waals surface area contributed by atoms with E-state index in [1.54, 1.807) is 29.8 Å². The number of thiophene rings is 1. The molecule has 2 saturated heterocycles. The smallest absolute Gasteiger partial charge is 0.223 e. The Morgan fingerprint density at radius 2 is 1.93 bits per heavy atom.